The van der Waals surface area contributed by atoms with Crippen molar-refractivity contribution in [2.45, 2.75) is 129 Å². The molecule has 0 spiro atoms. The number of hydrogen-bond donors (Lipinski definition) is 6. The van der Waals surface area contributed by atoms with Gasteiger partial charge in [0.05, 0.1) is 72.2 Å². The molecular weight excluding hydrogens is 781 g/mol. The van der Waals surface area contributed by atoms with E-state index in [1.54, 1.807) is 12.4 Å². The lowest BCUT2D eigenvalue weighted by Crippen LogP contribution is -2.63. The summed E-state index contributed by atoms with van der Waals surface area (Å²) >= 11 is 0. The number of amides is 2. The third-order valence-corrected chi connectivity index (χ3v) is 13.9. The Morgan fingerprint density at radius 2 is 0.984 bits per heavy atom. The molecule has 336 valence electrons. The molecule has 2 saturated carbocycles. The number of carbonyl (C=O) groups excluding carboxylic acids is 2. The maximum absolute atomic E-state index is 12.4. The van der Waals surface area contributed by atoms with Crippen LogP contribution in [0.1, 0.15) is 90.2 Å². The lowest BCUT2D eigenvalue weighted by atomic mass is 9.78. The minimum Gasteiger partial charge on any atom is -0.393 e. The van der Waals surface area contributed by atoms with E-state index in [1.165, 1.54) is 0 Å². The van der Waals surface area contributed by atoms with Crippen LogP contribution in [0.5, 0.6) is 0 Å². The van der Waals surface area contributed by atoms with E-state index in [4.69, 9.17) is 0 Å². The molecule has 2 unspecified atom stereocenters. The monoisotopic (exact) mass is 851 g/mol. The summed E-state index contributed by atoms with van der Waals surface area (Å²) < 4.78 is 0. The minimum absolute atomic E-state index is 0.00558. The van der Waals surface area contributed by atoms with Gasteiger partial charge in [-0.15, -0.1) is 0 Å². The zero-order chi connectivity index (χ0) is 43.9. The zero-order valence-corrected chi connectivity index (χ0v) is 37.7. The Labute approximate surface area is 367 Å². The van der Waals surface area contributed by atoms with Gasteiger partial charge < -0.3 is 31.5 Å². The summed E-state index contributed by atoms with van der Waals surface area (Å²) in [6.45, 7) is 16.6. The van der Waals surface area contributed by atoms with Gasteiger partial charge in [-0.2, -0.15) is 20.4 Å². The average Bonchev–Trinajstić information content (AvgIpc) is 3.24. The highest BCUT2D eigenvalue weighted by Crippen LogP contribution is 2.35. The van der Waals surface area contributed by atoms with Crippen molar-refractivity contribution in [2.24, 2.45) is 23.7 Å². The van der Waals surface area contributed by atoms with Crippen LogP contribution >= 0.6 is 0 Å². The Morgan fingerprint density at radius 3 is 1.34 bits per heavy atom. The van der Waals surface area contributed by atoms with Gasteiger partial charge in [0.25, 0.3) is 0 Å². The highest BCUT2D eigenvalue weighted by atomic mass is 16.3. The number of hydrogen-bond acceptors (Lipinski definition) is 12. The van der Waals surface area contributed by atoms with Crippen LogP contribution in [0.2, 0.25) is 0 Å². The standard InChI is InChI=1S/2C24H35N5O2/c2*1-15(2)24(31)17-5-7-19(8-6-17)29-13-18(14-29)27-23(30)12-25-22-11-26-28-21-9-4-16(3)10-20(21)22/h2*4,9-11,15,17-19,24,31H,5-8,12-14H2,1-3H3,(H,25,28)(H,27,30). The molecule has 2 amide bonds. The van der Waals surface area contributed by atoms with E-state index in [0.29, 0.717) is 35.8 Å². The second-order valence-electron chi connectivity index (χ2n) is 19.3. The molecule has 2 aliphatic heterocycles. The van der Waals surface area contributed by atoms with Crippen LogP contribution in [0.15, 0.2) is 48.8 Å². The van der Waals surface area contributed by atoms with Crippen molar-refractivity contribution in [3.63, 3.8) is 0 Å². The number of aryl methyl sites for hydroxylation is 2. The van der Waals surface area contributed by atoms with Gasteiger partial charge in [-0.1, -0.05) is 51.0 Å². The predicted octanol–water partition coefficient (Wildman–Crippen LogP) is 5.45. The van der Waals surface area contributed by atoms with E-state index in [1.807, 2.05) is 38.1 Å². The average molecular weight is 851 g/mol. The van der Waals surface area contributed by atoms with Gasteiger partial charge in [0.2, 0.25) is 11.8 Å². The number of likely N-dealkylation sites (tertiary alicyclic amines) is 2. The number of benzene rings is 2. The summed E-state index contributed by atoms with van der Waals surface area (Å²) in [5, 5.41) is 51.7. The van der Waals surface area contributed by atoms with Crippen LogP contribution in [0.3, 0.4) is 0 Å². The van der Waals surface area contributed by atoms with Crippen molar-refractivity contribution in [2.75, 3.05) is 49.9 Å². The summed E-state index contributed by atoms with van der Waals surface area (Å²) in [5.74, 6) is 1.58. The summed E-state index contributed by atoms with van der Waals surface area (Å²) in [5.41, 5.74) is 5.60. The molecule has 4 aliphatic rings. The van der Waals surface area contributed by atoms with Crippen molar-refractivity contribution in [3.8, 4) is 0 Å². The maximum atomic E-state index is 12.4. The van der Waals surface area contributed by atoms with Gasteiger partial charge >= 0.3 is 0 Å². The molecule has 0 bridgehead atoms. The topological polar surface area (TPSA) is 181 Å². The number of carbonyl (C=O) groups is 2. The van der Waals surface area contributed by atoms with E-state index in [9.17, 15) is 19.8 Å². The minimum atomic E-state index is -0.173. The maximum Gasteiger partial charge on any atom is 0.239 e. The number of aromatic nitrogens is 4. The Balaban J connectivity index is 0.000000186. The normalized spacial score (nSPS) is 23.5. The molecule has 2 aliphatic carbocycles. The Hall–Kier alpha value is -4.50. The first-order valence-electron chi connectivity index (χ1n) is 23.2. The second-order valence-corrected chi connectivity index (χ2v) is 19.3. The first-order chi connectivity index (χ1) is 29.8. The third kappa shape index (κ3) is 11.5. The van der Waals surface area contributed by atoms with Crippen molar-refractivity contribution < 1.29 is 19.8 Å². The van der Waals surface area contributed by atoms with Crippen LogP contribution < -0.4 is 21.3 Å². The molecule has 62 heavy (non-hydrogen) atoms. The van der Waals surface area contributed by atoms with E-state index in [-0.39, 0.29) is 49.2 Å². The molecular formula is C48H70N10O4. The molecule has 8 rings (SSSR count). The Bertz CT molecular complexity index is 1960. The summed E-state index contributed by atoms with van der Waals surface area (Å²) in [6, 6.07) is 13.7. The van der Waals surface area contributed by atoms with E-state index in [0.717, 1.165) is 122 Å². The number of rotatable bonds is 14. The first kappa shape index (κ1) is 45.5. The molecule has 2 aromatic carbocycles. The van der Waals surface area contributed by atoms with Gasteiger partial charge in [-0.25, -0.2) is 0 Å². The molecule has 2 saturated heterocycles. The zero-order valence-electron chi connectivity index (χ0n) is 37.7. The van der Waals surface area contributed by atoms with Crippen molar-refractivity contribution >= 4 is 45.0 Å². The van der Waals surface area contributed by atoms with Gasteiger partial charge in [0.1, 0.15) is 0 Å². The van der Waals surface area contributed by atoms with Gasteiger partial charge in [0, 0.05) is 49.0 Å². The van der Waals surface area contributed by atoms with Gasteiger partial charge in [-0.3, -0.25) is 19.4 Å². The molecule has 6 N–H and O–H groups in total. The summed E-state index contributed by atoms with van der Waals surface area (Å²) in [6.07, 6.45) is 12.0. The van der Waals surface area contributed by atoms with E-state index < -0.39 is 0 Å². The Kier molecular flexibility index (Phi) is 15.3. The smallest absolute Gasteiger partial charge is 0.239 e. The third-order valence-electron chi connectivity index (χ3n) is 13.9. The summed E-state index contributed by atoms with van der Waals surface area (Å²) in [7, 11) is 0. The molecule has 14 heteroatoms. The summed E-state index contributed by atoms with van der Waals surface area (Å²) in [4.78, 5) is 29.8. The lowest BCUT2D eigenvalue weighted by molar-refractivity contribution is -0.122. The van der Waals surface area contributed by atoms with Crippen molar-refractivity contribution in [1.29, 1.82) is 0 Å². The fourth-order valence-electron chi connectivity index (χ4n) is 10.0. The van der Waals surface area contributed by atoms with Gasteiger partial charge in [0.15, 0.2) is 0 Å². The van der Waals surface area contributed by atoms with Crippen LogP contribution in [0, 0.1) is 37.5 Å². The number of fused-ring (bicyclic) bond motifs is 2. The number of aliphatic hydroxyl groups is 2. The largest absolute Gasteiger partial charge is 0.393 e. The number of aliphatic hydroxyl groups excluding tert-OH is 2. The fraction of sp³-hybridized carbons (Fsp3) is 0.625. The molecule has 4 heterocycles. The van der Waals surface area contributed by atoms with Crippen LogP contribution in [0.4, 0.5) is 11.4 Å². The predicted molar refractivity (Wildman–Crippen MR) is 246 cm³/mol. The number of nitrogens with one attached hydrogen (secondary N) is 4. The SMILES string of the molecule is Cc1ccc2nncc(NCC(=O)NC3CN(C4CCC(C(O)C(C)C)CC4)C3)c2c1.Cc1ccc2nncc(NCC(=O)NC3CN(C4CCC(C(O)C(C)C)CC4)C3)c2c1. The molecule has 14 nitrogen and oxygen atoms in total. The van der Waals surface area contributed by atoms with E-state index >= 15 is 0 Å². The first-order valence-corrected chi connectivity index (χ1v) is 23.2. The molecule has 2 atom stereocenters. The van der Waals surface area contributed by atoms with Crippen LogP contribution in [-0.2, 0) is 9.59 Å². The van der Waals surface area contributed by atoms with Crippen molar-refractivity contribution in [3.05, 3.63) is 59.9 Å². The molecule has 4 aromatic rings. The Morgan fingerprint density at radius 1 is 0.613 bits per heavy atom. The lowest BCUT2D eigenvalue weighted by Gasteiger charge is -2.47. The van der Waals surface area contributed by atoms with E-state index in [2.05, 4.69) is 91.3 Å². The highest BCUT2D eigenvalue weighted by Gasteiger charge is 2.38. The molecule has 2 aromatic heterocycles. The quantitative estimate of drug-likeness (QED) is 0.0946. The number of anilines is 2. The molecule has 4 fully saturated rings. The molecule has 0 radical (unpaired) electrons. The second kappa shape index (κ2) is 20.8. The van der Waals surface area contributed by atoms with Crippen LogP contribution in [0.25, 0.3) is 21.8 Å². The van der Waals surface area contributed by atoms with Crippen molar-refractivity contribution in [1.82, 2.24) is 40.8 Å². The van der Waals surface area contributed by atoms with Gasteiger partial charge in [-0.05, 0) is 113 Å². The fourth-order valence-corrected chi connectivity index (χ4v) is 10.0. The highest BCUT2D eigenvalue weighted by molar-refractivity contribution is 5.93. The number of nitrogens with zero attached hydrogens (tertiary/aromatic N) is 6. The van der Waals surface area contributed by atoms with Crippen LogP contribution in [-0.4, -0.2) is 128 Å².